The van der Waals surface area contributed by atoms with Crippen LogP contribution in [0.2, 0.25) is 0 Å². The molecular formula is C14H17N7. The zero-order valence-electron chi connectivity index (χ0n) is 11.7. The standard InChI is InChI=1S/C14H17N7/c15-7-12-8-18-14(19-13(12)16)21-4-1-11(2-5-21)9-20-6-3-17-10-20/h3,6,8,10-11H,1-2,4-5,9H2,(H2,16,18,19). The highest BCUT2D eigenvalue weighted by Gasteiger charge is 2.21. The van der Waals surface area contributed by atoms with E-state index in [1.54, 1.807) is 0 Å². The molecule has 2 aromatic rings. The van der Waals surface area contributed by atoms with E-state index in [-0.39, 0.29) is 5.82 Å². The molecule has 0 saturated carbocycles. The highest BCUT2D eigenvalue weighted by Crippen LogP contribution is 2.22. The number of hydrogen-bond donors (Lipinski definition) is 1. The highest BCUT2D eigenvalue weighted by molar-refractivity contribution is 5.50. The number of hydrogen-bond acceptors (Lipinski definition) is 6. The van der Waals surface area contributed by atoms with Crippen molar-refractivity contribution in [2.75, 3.05) is 23.7 Å². The Morgan fingerprint density at radius 3 is 2.81 bits per heavy atom. The third kappa shape index (κ3) is 2.94. The Labute approximate surface area is 123 Å². The fourth-order valence-electron chi connectivity index (χ4n) is 2.63. The van der Waals surface area contributed by atoms with Crippen LogP contribution in [0.25, 0.3) is 0 Å². The van der Waals surface area contributed by atoms with Crippen LogP contribution in [-0.2, 0) is 6.54 Å². The van der Waals surface area contributed by atoms with Crippen LogP contribution in [0.15, 0.2) is 24.9 Å². The van der Waals surface area contributed by atoms with Crippen molar-refractivity contribution in [3.63, 3.8) is 0 Å². The molecule has 0 radical (unpaired) electrons. The summed E-state index contributed by atoms with van der Waals surface area (Å²) in [6.45, 7) is 2.82. The monoisotopic (exact) mass is 283 g/mol. The lowest BCUT2D eigenvalue weighted by Gasteiger charge is -2.32. The molecule has 0 aromatic carbocycles. The topological polar surface area (TPSA) is 96.6 Å². The largest absolute Gasteiger partial charge is 0.382 e. The van der Waals surface area contributed by atoms with E-state index in [4.69, 9.17) is 11.0 Å². The maximum absolute atomic E-state index is 8.85. The summed E-state index contributed by atoms with van der Waals surface area (Å²) in [4.78, 5) is 14.7. The van der Waals surface area contributed by atoms with Crippen molar-refractivity contribution < 1.29 is 0 Å². The first-order valence-electron chi connectivity index (χ1n) is 6.99. The van der Waals surface area contributed by atoms with Crippen molar-refractivity contribution in [1.82, 2.24) is 19.5 Å². The molecule has 0 amide bonds. The first-order valence-corrected chi connectivity index (χ1v) is 6.99. The van der Waals surface area contributed by atoms with Gasteiger partial charge in [0.25, 0.3) is 0 Å². The SMILES string of the molecule is N#Cc1cnc(N2CCC(Cn3ccnc3)CC2)nc1N. The summed E-state index contributed by atoms with van der Waals surface area (Å²) >= 11 is 0. The van der Waals surface area contributed by atoms with Crippen LogP contribution in [0, 0.1) is 17.2 Å². The Balaban J connectivity index is 1.60. The molecule has 1 aliphatic heterocycles. The van der Waals surface area contributed by atoms with E-state index < -0.39 is 0 Å². The van der Waals surface area contributed by atoms with Gasteiger partial charge in [0.05, 0.1) is 12.5 Å². The molecule has 1 fully saturated rings. The minimum atomic E-state index is 0.253. The van der Waals surface area contributed by atoms with Crippen LogP contribution >= 0.6 is 0 Å². The summed E-state index contributed by atoms with van der Waals surface area (Å²) in [5, 5.41) is 8.85. The first-order chi connectivity index (χ1) is 10.3. The van der Waals surface area contributed by atoms with Gasteiger partial charge in [0.15, 0.2) is 0 Å². The normalized spacial score (nSPS) is 15.9. The number of piperidine rings is 1. The molecule has 1 saturated heterocycles. The van der Waals surface area contributed by atoms with Crippen LogP contribution in [0.3, 0.4) is 0 Å². The highest BCUT2D eigenvalue weighted by atomic mass is 15.3. The summed E-state index contributed by atoms with van der Waals surface area (Å²) in [7, 11) is 0. The molecule has 21 heavy (non-hydrogen) atoms. The molecular weight excluding hydrogens is 266 g/mol. The zero-order valence-corrected chi connectivity index (χ0v) is 11.7. The van der Waals surface area contributed by atoms with E-state index in [1.165, 1.54) is 6.20 Å². The second-order valence-electron chi connectivity index (χ2n) is 5.27. The van der Waals surface area contributed by atoms with Crippen LogP contribution in [0.1, 0.15) is 18.4 Å². The minimum Gasteiger partial charge on any atom is -0.382 e. The Kier molecular flexibility index (Phi) is 3.69. The van der Waals surface area contributed by atoms with Gasteiger partial charge in [-0.05, 0) is 18.8 Å². The number of imidazole rings is 1. The van der Waals surface area contributed by atoms with Gasteiger partial charge in [0.1, 0.15) is 17.5 Å². The maximum atomic E-state index is 8.85. The summed E-state index contributed by atoms with van der Waals surface area (Å²) in [6, 6.07) is 1.98. The average Bonchev–Trinajstić information content (AvgIpc) is 3.01. The maximum Gasteiger partial charge on any atom is 0.227 e. The molecule has 0 spiro atoms. The summed E-state index contributed by atoms with van der Waals surface area (Å²) in [5.74, 6) is 1.52. The molecule has 3 heterocycles. The van der Waals surface area contributed by atoms with Crippen LogP contribution in [0.4, 0.5) is 11.8 Å². The fraction of sp³-hybridized carbons (Fsp3) is 0.429. The molecule has 0 bridgehead atoms. The Bertz CT molecular complexity index is 636. The number of anilines is 2. The lowest BCUT2D eigenvalue weighted by atomic mass is 9.97. The van der Waals surface area contributed by atoms with Crippen molar-refractivity contribution in [1.29, 1.82) is 5.26 Å². The van der Waals surface area contributed by atoms with Gasteiger partial charge in [-0.15, -0.1) is 0 Å². The number of nitrogens with two attached hydrogens (primary N) is 1. The summed E-state index contributed by atoms with van der Waals surface area (Å²) in [5.41, 5.74) is 6.07. The zero-order chi connectivity index (χ0) is 14.7. The van der Waals surface area contributed by atoms with Gasteiger partial charge in [-0.1, -0.05) is 0 Å². The number of nitrogens with zero attached hydrogens (tertiary/aromatic N) is 6. The number of nitriles is 1. The van der Waals surface area contributed by atoms with Crippen LogP contribution in [0.5, 0.6) is 0 Å². The van der Waals surface area contributed by atoms with E-state index in [0.717, 1.165) is 32.5 Å². The lowest BCUT2D eigenvalue weighted by Crippen LogP contribution is -2.36. The molecule has 0 aliphatic carbocycles. The van der Waals surface area contributed by atoms with E-state index >= 15 is 0 Å². The van der Waals surface area contributed by atoms with Crippen molar-refractivity contribution in [2.45, 2.75) is 19.4 Å². The van der Waals surface area contributed by atoms with Crippen molar-refractivity contribution in [2.24, 2.45) is 5.92 Å². The molecule has 2 aromatic heterocycles. The van der Waals surface area contributed by atoms with E-state index in [1.807, 2.05) is 24.8 Å². The third-order valence-electron chi connectivity index (χ3n) is 3.85. The first kappa shape index (κ1) is 13.4. The Morgan fingerprint density at radius 2 is 2.19 bits per heavy atom. The van der Waals surface area contributed by atoms with Gasteiger partial charge < -0.3 is 15.2 Å². The van der Waals surface area contributed by atoms with E-state index in [2.05, 4.69) is 24.4 Å². The lowest BCUT2D eigenvalue weighted by molar-refractivity contribution is 0.355. The van der Waals surface area contributed by atoms with Crippen molar-refractivity contribution in [3.8, 4) is 6.07 Å². The second-order valence-corrected chi connectivity index (χ2v) is 5.27. The molecule has 0 atom stereocenters. The Morgan fingerprint density at radius 1 is 1.38 bits per heavy atom. The van der Waals surface area contributed by atoms with Gasteiger partial charge in [-0.25, -0.2) is 9.97 Å². The third-order valence-corrected chi connectivity index (χ3v) is 3.85. The summed E-state index contributed by atoms with van der Waals surface area (Å²) < 4.78 is 2.12. The van der Waals surface area contributed by atoms with Gasteiger partial charge in [-0.3, -0.25) is 0 Å². The van der Waals surface area contributed by atoms with E-state index in [9.17, 15) is 0 Å². The molecule has 2 N–H and O–H groups in total. The smallest absolute Gasteiger partial charge is 0.227 e. The second kappa shape index (κ2) is 5.79. The van der Waals surface area contributed by atoms with Gasteiger partial charge >= 0.3 is 0 Å². The predicted molar refractivity (Wildman–Crippen MR) is 78.3 cm³/mol. The van der Waals surface area contributed by atoms with Crippen molar-refractivity contribution >= 4 is 11.8 Å². The Hall–Kier alpha value is -2.62. The predicted octanol–water partition coefficient (Wildman–Crippen LogP) is 1.04. The summed E-state index contributed by atoms with van der Waals surface area (Å²) in [6.07, 6.45) is 9.33. The number of nitrogen functional groups attached to an aromatic ring is 1. The average molecular weight is 283 g/mol. The molecule has 108 valence electrons. The van der Waals surface area contributed by atoms with Gasteiger partial charge in [0, 0.05) is 32.0 Å². The quantitative estimate of drug-likeness (QED) is 0.904. The van der Waals surface area contributed by atoms with Crippen LogP contribution < -0.4 is 10.6 Å². The number of rotatable bonds is 3. The number of aromatic nitrogens is 4. The molecule has 7 heteroatoms. The molecule has 3 rings (SSSR count). The fourth-order valence-corrected chi connectivity index (χ4v) is 2.63. The van der Waals surface area contributed by atoms with E-state index in [0.29, 0.717) is 17.4 Å². The molecule has 0 unspecified atom stereocenters. The van der Waals surface area contributed by atoms with Gasteiger partial charge in [-0.2, -0.15) is 10.2 Å². The minimum absolute atomic E-state index is 0.253. The molecule has 7 nitrogen and oxygen atoms in total. The van der Waals surface area contributed by atoms with Crippen molar-refractivity contribution in [3.05, 3.63) is 30.5 Å². The molecule has 1 aliphatic rings. The van der Waals surface area contributed by atoms with Crippen LogP contribution in [-0.4, -0.2) is 32.6 Å². The van der Waals surface area contributed by atoms with Gasteiger partial charge in [0.2, 0.25) is 5.95 Å².